The molecule has 0 aromatic heterocycles. The van der Waals surface area contributed by atoms with E-state index in [1.54, 1.807) is 0 Å². The molecule has 3 fully saturated rings. The number of nitrogens with one attached hydrogen (secondary N) is 6. The molecule has 0 saturated carbocycles. The first-order valence-corrected chi connectivity index (χ1v) is 27.1. The lowest BCUT2D eigenvalue weighted by atomic mass is 9.98. The number of carbonyl (C=O) groups is 8. The maximum Gasteiger partial charge on any atom is 0.408 e. The van der Waals surface area contributed by atoms with Crippen molar-refractivity contribution in [1.29, 1.82) is 0 Å². The van der Waals surface area contributed by atoms with Gasteiger partial charge in [-0.15, -0.1) is 0 Å². The number of hydrogen-bond donors (Lipinski definition) is 13. The molecule has 0 spiro atoms. The summed E-state index contributed by atoms with van der Waals surface area (Å²) in [4.78, 5) is 115. The fraction of sp³-hybridized carbons (Fsp3) is 0.536. The molecule has 1 unspecified atom stereocenters. The van der Waals surface area contributed by atoms with Gasteiger partial charge in [0.15, 0.2) is 11.5 Å². The second kappa shape index (κ2) is 26.5. The van der Waals surface area contributed by atoms with Crippen molar-refractivity contribution in [3.63, 3.8) is 0 Å². The minimum atomic E-state index is -2.09. The minimum Gasteiger partial charge on any atom is -0.504 e. The van der Waals surface area contributed by atoms with Crippen LogP contribution in [0.4, 0.5) is 9.59 Å². The van der Waals surface area contributed by atoms with Gasteiger partial charge in [-0.25, -0.2) is 9.59 Å². The van der Waals surface area contributed by atoms with E-state index >= 15 is 4.79 Å². The van der Waals surface area contributed by atoms with E-state index in [2.05, 4.69) is 31.9 Å². The molecule has 0 bridgehead atoms. The van der Waals surface area contributed by atoms with Crippen LogP contribution in [0.2, 0.25) is 0 Å². The quantitative estimate of drug-likeness (QED) is 0.0969. The molecule has 26 nitrogen and oxygen atoms in total. The average molecular weight is 1150 g/mol. The number of aliphatic hydroxyl groups excluding tert-OH is 6. The Labute approximate surface area is 472 Å². The van der Waals surface area contributed by atoms with Gasteiger partial charge in [0.05, 0.1) is 43.7 Å². The van der Waals surface area contributed by atoms with Gasteiger partial charge in [0.2, 0.25) is 35.4 Å². The van der Waals surface area contributed by atoms with Crippen LogP contribution < -0.4 is 36.6 Å². The lowest BCUT2D eigenvalue weighted by molar-refractivity contribution is -0.147. The summed E-state index contributed by atoms with van der Waals surface area (Å²) in [6.07, 6.45) is -14.4. The fourth-order valence-electron chi connectivity index (χ4n) is 10.7. The molecule has 8 amide bonds. The SMILES string of the molecule is COc1cc(C[C@@H](O)[C@@H]2NC(=O)[C@@H]3C[C@@H](O)CN3C(=O)[C@H]([C@@H](C)O)NC(=O)C(NC(=O)OC(C)(C)C)C[C@@H](O)CNC(=O)[C@@H]3[C@@H](O)[C@@H](C)CN3C(=O)[C@H]([C@H](O)CCNC(=O)OCC3c4ccccc4-c4ccccc43)NC2=O)ccc1O. The summed E-state index contributed by atoms with van der Waals surface area (Å²) >= 11 is 0. The summed E-state index contributed by atoms with van der Waals surface area (Å²) in [5, 5.41) is 93.5. The Morgan fingerprint density at radius 2 is 1.37 bits per heavy atom. The number of rotatable bonds is 12. The van der Waals surface area contributed by atoms with Crippen LogP contribution in [0.15, 0.2) is 66.7 Å². The Hall–Kier alpha value is -7.62. The molecule has 4 aliphatic rings. The molecule has 3 heterocycles. The molecular weight excluding hydrogens is 1070 g/mol. The summed E-state index contributed by atoms with van der Waals surface area (Å²) in [7, 11) is 1.27. The maximum atomic E-state index is 15.0. The Kier molecular flexibility index (Phi) is 20.1. The number of fused-ring (bicyclic) bond motifs is 5. The van der Waals surface area contributed by atoms with E-state index in [1.807, 2.05) is 48.5 Å². The number of methoxy groups -OCH3 is 1. The summed E-state index contributed by atoms with van der Waals surface area (Å²) in [6, 6.07) is 8.13. The molecule has 82 heavy (non-hydrogen) atoms. The first-order chi connectivity index (χ1) is 38.8. The van der Waals surface area contributed by atoms with E-state index in [0.29, 0.717) is 0 Å². The van der Waals surface area contributed by atoms with Gasteiger partial charge in [-0.05, 0) is 74.1 Å². The van der Waals surface area contributed by atoms with E-state index in [0.717, 1.165) is 39.0 Å². The molecule has 446 valence electrons. The number of ether oxygens (including phenoxy) is 3. The van der Waals surface area contributed by atoms with Crippen molar-refractivity contribution >= 4 is 47.6 Å². The molecule has 13 N–H and O–H groups in total. The zero-order chi connectivity index (χ0) is 59.9. The van der Waals surface area contributed by atoms with Gasteiger partial charge in [0.25, 0.3) is 0 Å². The predicted octanol–water partition coefficient (Wildman–Crippen LogP) is -1.63. The fourth-order valence-corrected chi connectivity index (χ4v) is 10.7. The second-order valence-electron chi connectivity index (χ2n) is 22.2. The Balaban J connectivity index is 1.21. The van der Waals surface area contributed by atoms with Crippen molar-refractivity contribution in [3.05, 3.63) is 83.4 Å². The van der Waals surface area contributed by atoms with Crippen LogP contribution in [-0.4, -0.2) is 212 Å². The number of aromatic hydroxyl groups is 1. The number of hydrogen-bond acceptors (Lipinski definition) is 18. The number of nitrogens with zero attached hydrogens (tertiary/aromatic N) is 2. The number of phenols is 1. The summed E-state index contributed by atoms with van der Waals surface area (Å²) in [6.45, 7) is 5.27. The van der Waals surface area contributed by atoms with Crippen LogP contribution in [0.3, 0.4) is 0 Å². The molecule has 3 aliphatic heterocycles. The highest BCUT2D eigenvalue weighted by atomic mass is 16.6. The van der Waals surface area contributed by atoms with Gasteiger partial charge in [-0.1, -0.05) is 61.5 Å². The maximum absolute atomic E-state index is 15.0. The van der Waals surface area contributed by atoms with E-state index in [4.69, 9.17) is 14.2 Å². The van der Waals surface area contributed by atoms with Crippen molar-refractivity contribution < 1.29 is 88.3 Å². The topological polar surface area (TPSA) is 385 Å². The largest absolute Gasteiger partial charge is 0.504 e. The third-order valence-electron chi connectivity index (χ3n) is 14.9. The number of alkyl carbamates (subject to hydrolysis) is 2. The molecular formula is C56H74N8O18. The lowest BCUT2D eigenvalue weighted by Crippen LogP contribution is -2.64. The third-order valence-corrected chi connectivity index (χ3v) is 14.9. The number of phenolic OH excluding ortho intramolecular Hbond substituents is 1. The zero-order valence-electron chi connectivity index (χ0n) is 46.3. The van der Waals surface area contributed by atoms with Gasteiger partial charge >= 0.3 is 12.2 Å². The van der Waals surface area contributed by atoms with Gasteiger partial charge in [0.1, 0.15) is 48.5 Å². The normalized spacial score (nSPS) is 26.9. The highest BCUT2D eigenvalue weighted by molar-refractivity contribution is 5.98. The molecule has 3 saturated heterocycles. The lowest BCUT2D eigenvalue weighted by Gasteiger charge is -2.34. The summed E-state index contributed by atoms with van der Waals surface area (Å²) in [5.41, 5.74) is 3.06. The Morgan fingerprint density at radius 3 is 2.00 bits per heavy atom. The summed E-state index contributed by atoms with van der Waals surface area (Å²) < 4.78 is 16.2. The Morgan fingerprint density at radius 1 is 0.744 bits per heavy atom. The number of benzene rings is 3. The molecule has 26 heteroatoms. The summed E-state index contributed by atoms with van der Waals surface area (Å²) in [5.74, 6) is -8.37. The molecule has 3 aromatic carbocycles. The highest BCUT2D eigenvalue weighted by Crippen LogP contribution is 2.44. The van der Waals surface area contributed by atoms with Gasteiger partial charge in [0, 0.05) is 57.3 Å². The molecule has 1 aliphatic carbocycles. The van der Waals surface area contributed by atoms with Crippen molar-refractivity contribution in [2.24, 2.45) is 5.92 Å². The molecule has 0 radical (unpaired) electrons. The molecule has 3 aromatic rings. The monoisotopic (exact) mass is 1150 g/mol. The van der Waals surface area contributed by atoms with Crippen molar-refractivity contribution in [3.8, 4) is 22.6 Å². The number of carbonyl (C=O) groups excluding carboxylic acids is 8. The first-order valence-electron chi connectivity index (χ1n) is 27.1. The smallest absolute Gasteiger partial charge is 0.408 e. The van der Waals surface area contributed by atoms with Gasteiger partial charge in [-0.2, -0.15) is 0 Å². The molecule has 13 atom stereocenters. The van der Waals surface area contributed by atoms with E-state index < -0.39 is 171 Å². The van der Waals surface area contributed by atoms with Crippen LogP contribution in [-0.2, 0) is 44.7 Å². The average Bonchev–Trinajstić information content (AvgIpc) is 3.64. The van der Waals surface area contributed by atoms with E-state index in [1.165, 1.54) is 53.0 Å². The van der Waals surface area contributed by atoms with Gasteiger partial charge < -0.3 is 91.7 Å². The zero-order valence-corrected chi connectivity index (χ0v) is 46.3. The van der Waals surface area contributed by atoms with Crippen LogP contribution >= 0.6 is 0 Å². The number of aliphatic hydroxyl groups is 6. The van der Waals surface area contributed by atoms with Crippen molar-refractivity contribution in [2.75, 3.05) is 39.9 Å². The third kappa shape index (κ3) is 14.7. The van der Waals surface area contributed by atoms with Crippen LogP contribution in [0.25, 0.3) is 11.1 Å². The number of β-amino-alcohol motifs (C(OH)–C–C–N with tert-alkyl or cyclic N) is 1. The van der Waals surface area contributed by atoms with Crippen LogP contribution in [0.5, 0.6) is 11.5 Å². The predicted molar refractivity (Wildman–Crippen MR) is 289 cm³/mol. The minimum absolute atomic E-state index is 0.0264. The second-order valence-corrected chi connectivity index (χ2v) is 22.2. The number of amides is 8. The van der Waals surface area contributed by atoms with Crippen molar-refractivity contribution in [1.82, 2.24) is 41.7 Å². The Bertz CT molecular complexity index is 2800. The van der Waals surface area contributed by atoms with Crippen LogP contribution in [0.1, 0.15) is 76.5 Å². The molecule has 7 rings (SSSR count). The standard InChI is InChI=1S/C56H74N8O18/c1-27-24-64-46(47(27)71)51(75)58-23-30(66)21-37(59-55(79)82-56(3,4)5)48(72)60-43(28(2)65)52(76)63-25-31(67)22-38(63)49(73)61-44(41(70)19-29-15-16-39(68)42(20-29)80-6)50(74)62-45(53(64)77)40(69)17-18-57-54(78)81-26-36-34-13-9-7-11-32(34)33-12-8-10-14-35(33)36/h7-16,20,27-28,30-31,36-38,40-41,43-47,65-71H,17-19,21-26H2,1-6H3,(H,57,78)(H,58,75)(H,59,79)(H,60,72)(H,61,73)(H,62,74)/t27-,28+,30+,31+,37?,38-,40+,41+,43-,44-,45-,46-,47-/m0/s1. The van der Waals surface area contributed by atoms with E-state index in [-0.39, 0.29) is 42.7 Å². The highest BCUT2D eigenvalue weighted by Gasteiger charge is 2.50. The van der Waals surface area contributed by atoms with Crippen molar-refractivity contribution in [2.45, 2.75) is 145 Å². The van der Waals surface area contributed by atoms with Gasteiger partial charge in [-0.3, -0.25) is 28.8 Å². The van der Waals surface area contributed by atoms with Crippen LogP contribution in [0, 0.1) is 5.92 Å². The first kappa shape index (κ1) is 62.0. The van der Waals surface area contributed by atoms with E-state index in [9.17, 15) is 69.3 Å².